The summed E-state index contributed by atoms with van der Waals surface area (Å²) in [4.78, 5) is 12.0. The molecule has 1 aliphatic heterocycles. The second kappa shape index (κ2) is 5.88. The molecule has 1 aromatic carbocycles. The van der Waals surface area contributed by atoms with Gasteiger partial charge in [0, 0.05) is 5.56 Å². The van der Waals surface area contributed by atoms with Gasteiger partial charge in [0.25, 0.3) is 0 Å². The summed E-state index contributed by atoms with van der Waals surface area (Å²) in [5.41, 5.74) is 0.683. The number of halogens is 1. The first kappa shape index (κ1) is 15.2. The van der Waals surface area contributed by atoms with Gasteiger partial charge in [0.05, 0.1) is 21.1 Å². The van der Waals surface area contributed by atoms with Crippen LogP contribution >= 0.6 is 0 Å². The number of Topliss-reactive ketones (excluding diaryl/α,β-unsaturated/α-hetero) is 1. The van der Waals surface area contributed by atoms with Gasteiger partial charge in [-0.05, 0) is 18.2 Å². The van der Waals surface area contributed by atoms with Crippen molar-refractivity contribution in [1.82, 2.24) is 0 Å². The quantitative estimate of drug-likeness (QED) is 0.367. The van der Waals surface area contributed by atoms with Crippen molar-refractivity contribution >= 4 is 5.78 Å². The van der Waals surface area contributed by atoms with E-state index in [-0.39, 0.29) is 29.8 Å². The van der Waals surface area contributed by atoms with Crippen LogP contribution in [0.3, 0.4) is 0 Å². The van der Waals surface area contributed by atoms with Crippen LogP contribution in [0.5, 0.6) is 11.5 Å². The van der Waals surface area contributed by atoms with E-state index in [0.29, 0.717) is 35.6 Å². The lowest BCUT2D eigenvalue weighted by Crippen LogP contribution is -3.00. The number of quaternary nitrogens is 1. The highest BCUT2D eigenvalue weighted by molar-refractivity contribution is 5.97. The van der Waals surface area contributed by atoms with Gasteiger partial charge in [-0.1, -0.05) is 0 Å². The largest absolute Gasteiger partial charge is 1.00 e. The van der Waals surface area contributed by atoms with Crippen LogP contribution in [-0.2, 0) is 0 Å². The molecule has 0 spiro atoms. The highest BCUT2D eigenvalue weighted by Gasteiger charge is 2.19. The zero-order valence-electron chi connectivity index (χ0n) is 10.9. The van der Waals surface area contributed by atoms with Gasteiger partial charge in [0.2, 0.25) is 5.78 Å². The molecule has 2 rings (SSSR count). The maximum absolute atomic E-state index is 12.0. The van der Waals surface area contributed by atoms with Gasteiger partial charge >= 0.3 is 0 Å². The Kier molecular flexibility index (Phi) is 4.98. The summed E-state index contributed by atoms with van der Waals surface area (Å²) in [5.74, 6) is 1.51. The van der Waals surface area contributed by atoms with Crippen molar-refractivity contribution in [1.29, 1.82) is 0 Å². The topological polar surface area (TPSA) is 35.5 Å². The van der Waals surface area contributed by atoms with Gasteiger partial charge < -0.3 is 37.9 Å². The Balaban J connectivity index is 0.00000162. The highest BCUT2D eigenvalue weighted by atomic mass is 127. The average Bonchev–Trinajstić information content (AvgIpc) is 2.26. The average molecular weight is 363 g/mol. The summed E-state index contributed by atoms with van der Waals surface area (Å²) in [5, 5.41) is 0. The summed E-state index contributed by atoms with van der Waals surface area (Å²) >= 11 is 0. The number of fused-ring (bicyclic) bond motifs is 1. The Hall–Kier alpha value is -0.820. The van der Waals surface area contributed by atoms with Crippen LogP contribution in [0.4, 0.5) is 0 Å². The zero-order valence-corrected chi connectivity index (χ0v) is 13.1. The first-order valence-corrected chi connectivity index (χ1v) is 5.69. The molecule has 0 aromatic heterocycles. The molecular weight excluding hydrogens is 345 g/mol. The smallest absolute Gasteiger partial charge is 0.217 e. The number of carbonyl (C=O) groups is 1. The van der Waals surface area contributed by atoms with Crippen LogP contribution in [0.2, 0.25) is 0 Å². The van der Waals surface area contributed by atoms with Crippen LogP contribution in [0.1, 0.15) is 10.4 Å². The Bertz CT molecular complexity index is 440. The third kappa shape index (κ3) is 3.84. The molecule has 0 bridgehead atoms. The van der Waals surface area contributed by atoms with E-state index in [4.69, 9.17) is 9.47 Å². The number of likely N-dealkylation sites (N-methyl/N-ethyl adjacent to an activating group) is 1. The fourth-order valence-corrected chi connectivity index (χ4v) is 1.74. The van der Waals surface area contributed by atoms with Crippen molar-refractivity contribution < 1.29 is 42.7 Å². The summed E-state index contributed by atoms with van der Waals surface area (Å²) in [6.07, 6.45) is 0. The van der Waals surface area contributed by atoms with Crippen molar-refractivity contribution in [2.45, 2.75) is 0 Å². The third-order valence-electron chi connectivity index (χ3n) is 2.48. The molecule has 4 nitrogen and oxygen atoms in total. The minimum Gasteiger partial charge on any atom is -1.00 e. The molecule has 100 valence electrons. The first-order chi connectivity index (χ1) is 7.96. The predicted octanol–water partition coefficient (Wildman–Crippen LogP) is -1.65. The number of ether oxygens (including phenoxy) is 2. The van der Waals surface area contributed by atoms with Crippen molar-refractivity contribution in [2.75, 3.05) is 40.9 Å². The lowest BCUT2D eigenvalue weighted by atomic mass is 10.1. The van der Waals surface area contributed by atoms with E-state index < -0.39 is 0 Å². The molecule has 0 radical (unpaired) electrons. The second-order valence-corrected chi connectivity index (χ2v) is 5.23. The molecule has 5 heteroatoms. The van der Waals surface area contributed by atoms with Crippen LogP contribution in [0, 0.1) is 0 Å². The maximum Gasteiger partial charge on any atom is 0.217 e. The van der Waals surface area contributed by atoms with E-state index in [0.717, 1.165) is 5.75 Å². The molecule has 1 aromatic rings. The van der Waals surface area contributed by atoms with E-state index in [1.807, 2.05) is 21.1 Å². The van der Waals surface area contributed by atoms with Crippen molar-refractivity contribution in [2.24, 2.45) is 0 Å². The number of rotatable bonds is 3. The van der Waals surface area contributed by atoms with Gasteiger partial charge in [-0.25, -0.2) is 0 Å². The standard InChI is InChI=1S/C13H18NO3.HI/c1-14(2,3)9-11(15)10-4-5-12-13(8-10)17-7-6-16-12;/h4-5,8H,6-7,9H2,1-3H3;1H/q+1;/p-1. The summed E-state index contributed by atoms with van der Waals surface area (Å²) < 4.78 is 11.5. The Morgan fingerprint density at radius 3 is 2.39 bits per heavy atom. The number of hydrogen-bond acceptors (Lipinski definition) is 3. The molecule has 18 heavy (non-hydrogen) atoms. The van der Waals surface area contributed by atoms with Crippen molar-refractivity contribution in [3.63, 3.8) is 0 Å². The van der Waals surface area contributed by atoms with Crippen molar-refractivity contribution in [3.05, 3.63) is 23.8 Å². The van der Waals surface area contributed by atoms with Crippen LogP contribution in [-0.4, -0.2) is 51.2 Å². The fraction of sp³-hybridized carbons (Fsp3) is 0.462. The molecule has 0 saturated carbocycles. The molecule has 1 aliphatic rings. The summed E-state index contributed by atoms with van der Waals surface area (Å²) in [6.45, 7) is 1.58. The summed E-state index contributed by atoms with van der Waals surface area (Å²) in [6, 6.07) is 5.37. The Morgan fingerprint density at radius 1 is 1.17 bits per heavy atom. The van der Waals surface area contributed by atoms with Crippen molar-refractivity contribution in [3.8, 4) is 11.5 Å². The second-order valence-electron chi connectivity index (χ2n) is 5.23. The van der Waals surface area contributed by atoms with E-state index in [1.165, 1.54) is 0 Å². The van der Waals surface area contributed by atoms with Gasteiger partial charge in [-0.3, -0.25) is 4.79 Å². The number of nitrogens with zero attached hydrogens (tertiary/aromatic N) is 1. The molecule has 0 fully saturated rings. The molecule has 0 N–H and O–H groups in total. The first-order valence-electron chi connectivity index (χ1n) is 5.69. The normalized spacial score (nSPS) is 13.7. The van der Waals surface area contributed by atoms with Crippen LogP contribution < -0.4 is 33.5 Å². The number of hydrogen-bond donors (Lipinski definition) is 0. The zero-order chi connectivity index (χ0) is 12.5. The number of carbonyl (C=O) groups excluding carboxylic acids is 1. The molecule has 0 atom stereocenters. The highest BCUT2D eigenvalue weighted by Crippen LogP contribution is 2.30. The van der Waals surface area contributed by atoms with E-state index in [9.17, 15) is 4.79 Å². The SMILES string of the molecule is C[N+](C)(C)CC(=O)c1ccc2c(c1)OCCO2.[I-]. The van der Waals surface area contributed by atoms with Crippen LogP contribution in [0.15, 0.2) is 18.2 Å². The molecule has 1 heterocycles. The lowest BCUT2D eigenvalue weighted by molar-refractivity contribution is -0.861. The molecule has 0 unspecified atom stereocenters. The minimum absolute atomic E-state index is 0. The van der Waals surface area contributed by atoms with E-state index in [1.54, 1.807) is 18.2 Å². The van der Waals surface area contributed by atoms with Gasteiger partial charge in [-0.2, -0.15) is 0 Å². The summed E-state index contributed by atoms with van der Waals surface area (Å²) in [7, 11) is 5.99. The Morgan fingerprint density at radius 2 is 1.78 bits per heavy atom. The van der Waals surface area contributed by atoms with Gasteiger partial charge in [0.1, 0.15) is 19.8 Å². The van der Waals surface area contributed by atoms with E-state index in [2.05, 4.69) is 0 Å². The Labute approximate surface area is 124 Å². The lowest BCUT2D eigenvalue weighted by Gasteiger charge is -2.23. The minimum atomic E-state index is 0. The molecule has 0 aliphatic carbocycles. The predicted molar refractivity (Wildman–Crippen MR) is 64.7 cm³/mol. The molecule has 0 amide bonds. The van der Waals surface area contributed by atoms with Crippen LogP contribution in [0.25, 0.3) is 0 Å². The van der Waals surface area contributed by atoms with Gasteiger partial charge in [-0.15, -0.1) is 0 Å². The maximum atomic E-state index is 12.0. The van der Waals surface area contributed by atoms with Gasteiger partial charge in [0.15, 0.2) is 11.5 Å². The monoisotopic (exact) mass is 363 g/mol. The number of benzene rings is 1. The third-order valence-corrected chi connectivity index (χ3v) is 2.48. The molecular formula is C13H18INO3. The number of ketones is 1. The molecule has 0 saturated heterocycles. The van der Waals surface area contributed by atoms with E-state index >= 15 is 0 Å². The fourth-order valence-electron chi connectivity index (χ4n) is 1.74.